The Bertz CT molecular complexity index is 1030. The molecule has 2 aromatic rings. The Morgan fingerprint density at radius 1 is 1.22 bits per heavy atom. The highest BCUT2D eigenvalue weighted by Crippen LogP contribution is 2.44. The molecular formula is C19H18ClNO5S. The summed E-state index contributed by atoms with van der Waals surface area (Å²) >= 11 is 5.83. The monoisotopic (exact) mass is 407 g/mol. The third-order valence-electron chi connectivity index (χ3n) is 4.40. The van der Waals surface area contributed by atoms with Crippen molar-refractivity contribution < 1.29 is 22.7 Å². The van der Waals surface area contributed by atoms with Crippen LogP contribution in [0.25, 0.3) is 5.57 Å². The molecule has 1 aromatic carbocycles. The van der Waals surface area contributed by atoms with Gasteiger partial charge in [0.2, 0.25) is 11.6 Å². The van der Waals surface area contributed by atoms with Crippen LogP contribution >= 0.6 is 11.6 Å². The third-order valence-corrected chi connectivity index (χ3v) is 5.78. The Morgan fingerprint density at radius 3 is 2.52 bits per heavy atom. The van der Waals surface area contributed by atoms with Gasteiger partial charge in [-0.3, -0.25) is 0 Å². The predicted octanol–water partition coefficient (Wildman–Crippen LogP) is 3.65. The van der Waals surface area contributed by atoms with E-state index in [1.165, 1.54) is 18.3 Å². The van der Waals surface area contributed by atoms with Crippen molar-refractivity contribution in [2.45, 2.75) is 30.8 Å². The van der Waals surface area contributed by atoms with Gasteiger partial charge in [0.25, 0.3) is 0 Å². The van der Waals surface area contributed by atoms with Crippen LogP contribution < -0.4 is 4.74 Å². The summed E-state index contributed by atoms with van der Waals surface area (Å²) in [4.78, 5) is 16.7. The van der Waals surface area contributed by atoms with Crippen LogP contribution in [0.3, 0.4) is 0 Å². The van der Waals surface area contributed by atoms with E-state index in [-0.39, 0.29) is 16.5 Å². The highest BCUT2D eigenvalue weighted by Gasteiger charge is 2.46. The van der Waals surface area contributed by atoms with Crippen LogP contribution in [-0.2, 0) is 19.4 Å². The van der Waals surface area contributed by atoms with Gasteiger partial charge >= 0.3 is 5.97 Å². The third kappa shape index (κ3) is 3.70. The average molecular weight is 408 g/mol. The first-order valence-corrected chi connectivity index (χ1v) is 10.5. The first-order chi connectivity index (χ1) is 12.7. The van der Waals surface area contributed by atoms with Crippen molar-refractivity contribution in [3.05, 3.63) is 58.9 Å². The number of rotatable bonds is 5. The summed E-state index contributed by atoms with van der Waals surface area (Å²) in [5, 5.41) is 0.423. The molecule has 0 bridgehead atoms. The van der Waals surface area contributed by atoms with Crippen LogP contribution in [0.5, 0.6) is 5.88 Å². The number of carbonyl (C=O) groups excluding carboxylic acids is 1. The Morgan fingerprint density at radius 2 is 1.93 bits per heavy atom. The Kier molecular flexibility index (Phi) is 5.01. The fourth-order valence-electron chi connectivity index (χ4n) is 2.92. The van der Waals surface area contributed by atoms with E-state index in [2.05, 4.69) is 4.98 Å². The van der Waals surface area contributed by atoms with E-state index >= 15 is 0 Å². The lowest BCUT2D eigenvalue weighted by Crippen LogP contribution is -2.26. The molecule has 142 valence electrons. The molecule has 0 unspecified atom stereocenters. The fourth-order valence-corrected chi connectivity index (χ4v) is 3.92. The van der Waals surface area contributed by atoms with Gasteiger partial charge in [-0.2, -0.15) is 0 Å². The number of carbonyl (C=O) groups is 1. The van der Waals surface area contributed by atoms with Crippen molar-refractivity contribution in [3.8, 4) is 5.88 Å². The number of halogens is 1. The summed E-state index contributed by atoms with van der Waals surface area (Å²) in [7, 11) is -3.54. The number of ether oxygens (including phenoxy) is 2. The van der Waals surface area contributed by atoms with Crippen LogP contribution in [0.1, 0.15) is 25.8 Å². The van der Waals surface area contributed by atoms with E-state index in [4.69, 9.17) is 21.1 Å². The lowest BCUT2D eigenvalue weighted by Gasteiger charge is -2.25. The topological polar surface area (TPSA) is 82.6 Å². The summed E-state index contributed by atoms with van der Waals surface area (Å²) in [5.74, 6) is -0.597. The quantitative estimate of drug-likeness (QED) is 0.703. The van der Waals surface area contributed by atoms with Gasteiger partial charge in [0.15, 0.2) is 9.84 Å². The number of sulfone groups is 1. The van der Waals surface area contributed by atoms with Gasteiger partial charge in [-0.1, -0.05) is 36.7 Å². The molecule has 0 aliphatic carbocycles. The van der Waals surface area contributed by atoms with Crippen LogP contribution in [-0.4, -0.2) is 31.2 Å². The van der Waals surface area contributed by atoms with Crippen LogP contribution in [0.4, 0.5) is 0 Å². The van der Waals surface area contributed by atoms with E-state index in [9.17, 15) is 13.2 Å². The number of hydrogen-bond acceptors (Lipinski definition) is 6. The molecular weight excluding hydrogens is 390 g/mol. The minimum absolute atomic E-state index is 0.0785. The van der Waals surface area contributed by atoms with Crippen molar-refractivity contribution in [1.29, 1.82) is 0 Å². The molecule has 1 aromatic heterocycles. The SMILES string of the molecule is CC[C@@]1(C)OC(=O)C(Oc2ccc(Cl)cn2)=C1c1ccccc1S(C)(=O)=O. The van der Waals surface area contributed by atoms with Gasteiger partial charge in [-0.05, 0) is 25.5 Å². The first-order valence-electron chi connectivity index (χ1n) is 8.22. The molecule has 6 nitrogen and oxygen atoms in total. The number of esters is 1. The normalized spacial score (nSPS) is 19.9. The van der Waals surface area contributed by atoms with Crippen molar-refractivity contribution in [1.82, 2.24) is 4.98 Å². The van der Waals surface area contributed by atoms with E-state index in [1.54, 1.807) is 31.2 Å². The fraction of sp³-hybridized carbons (Fsp3) is 0.263. The van der Waals surface area contributed by atoms with Crippen molar-refractivity contribution in [3.63, 3.8) is 0 Å². The first kappa shape index (κ1) is 19.4. The molecule has 0 saturated heterocycles. The van der Waals surface area contributed by atoms with E-state index in [1.807, 2.05) is 6.92 Å². The van der Waals surface area contributed by atoms with Gasteiger partial charge in [-0.25, -0.2) is 18.2 Å². The van der Waals surface area contributed by atoms with Crippen molar-refractivity contribution in [2.24, 2.45) is 0 Å². The number of benzene rings is 1. The molecule has 1 aliphatic heterocycles. The second-order valence-corrected chi connectivity index (χ2v) is 8.78. The van der Waals surface area contributed by atoms with E-state index in [0.29, 0.717) is 22.6 Å². The Hall–Kier alpha value is -2.38. The summed E-state index contributed by atoms with van der Waals surface area (Å²) in [6.45, 7) is 3.57. The minimum atomic E-state index is -3.54. The summed E-state index contributed by atoms with van der Waals surface area (Å²) in [6.07, 6.45) is 2.95. The van der Waals surface area contributed by atoms with Crippen LogP contribution in [0.2, 0.25) is 5.02 Å². The van der Waals surface area contributed by atoms with Gasteiger partial charge in [-0.15, -0.1) is 0 Å². The molecule has 0 radical (unpaired) electrons. The van der Waals surface area contributed by atoms with Gasteiger partial charge < -0.3 is 9.47 Å². The number of hydrogen-bond donors (Lipinski definition) is 0. The van der Waals surface area contributed by atoms with Crippen LogP contribution in [0, 0.1) is 0 Å². The van der Waals surface area contributed by atoms with E-state index in [0.717, 1.165) is 6.26 Å². The molecule has 0 fully saturated rings. The molecule has 0 N–H and O–H groups in total. The molecule has 2 heterocycles. The predicted molar refractivity (Wildman–Crippen MR) is 101 cm³/mol. The lowest BCUT2D eigenvalue weighted by atomic mass is 9.88. The second-order valence-electron chi connectivity index (χ2n) is 6.36. The standard InChI is InChI=1S/C19H18ClNO5S/c1-4-19(2)16(13-7-5-6-8-14(13)27(3,23)24)17(18(22)26-19)25-15-10-9-12(20)11-21-15/h5-11H,4H2,1-3H3/t19-/m1/s1. The molecule has 0 amide bonds. The zero-order valence-electron chi connectivity index (χ0n) is 15.0. The smallest absolute Gasteiger partial charge is 0.375 e. The average Bonchev–Trinajstić information content (AvgIpc) is 2.87. The molecule has 8 heteroatoms. The minimum Gasteiger partial charge on any atom is -0.448 e. The number of cyclic esters (lactones) is 1. The molecule has 1 aliphatic rings. The highest BCUT2D eigenvalue weighted by atomic mass is 35.5. The van der Waals surface area contributed by atoms with E-state index < -0.39 is 21.4 Å². The van der Waals surface area contributed by atoms with Gasteiger partial charge in [0.05, 0.1) is 15.5 Å². The maximum absolute atomic E-state index is 12.6. The summed E-state index contributed by atoms with van der Waals surface area (Å²) in [6, 6.07) is 9.56. The molecule has 3 rings (SSSR count). The Balaban J connectivity index is 2.24. The maximum atomic E-state index is 12.6. The van der Waals surface area contributed by atoms with Crippen molar-refractivity contribution >= 4 is 33.0 Å². The Labute approximate surface area is 162 Å². The lowest BCUT2D eigenvalue weighted by molar-refractivity contribution is -0.147. The zero-order chi connectivity index (χ0) is 19.8. The number of nitrogens with zero attached hydrogens (tertiary/aromatic N) is 1. The molecule has 1 atom stereocenters. The summed E-state index contributed by atoms with van der Waals surface area (Å²) < 4.78 is 35.8. The van der Waals surface area contributed by atoms with Gasteiger partial charge in [0.1, 0.15) is 5.60 Å². The zero-order valence-corrected chi connectivity index (χ0v) is 16.6. The molecule has 0 spiro atoms. The largest absolute Gasteiger partial charge is 0.448 e. The van der Waals surface area contributed by atoms with Crippen molar-refractivity contribution in [2.75, 3.05) is 6.26 Å². The van der Waals surface area contributed by atoms with Gasteiger partial charge in [0, 0.05) is 24.1 Å². The molecule has 0 saturated carbocycles. The van der Waals surface area contributed by atoms with Crippen LogP contribution in [0.15, 0.2) is 53.2 Å². The second kappa shape index (κ2) is 6.98. The number of pyridine rings is 1. The highest BCUT2D eigenvalue weighted by molar-refractivity contribution is 7.90. The maximum Gasteiger partial charge on any atom is 0.375 e. The molecule has 27 heavy (non-hydrogen) atoms. The number of aromatic nitrogens is 1. The summed E-state index contributed by atoms with van der Waals surface area (Å²) in [5.41, 5.74) is -0.272.